The van der Waals surface area contributed by atoms with Gasteiger partial charge in [-0.2, -0.15) is 0 Å². The van der Waals surface area contributed by atoms with Gasteiger partial charge in [0.25, 0.3) is 0 Å². The maximum Gasteiger partial charge on any atom is 0.0240 e. The Balaban J connectivity index is 1.69. The Morgan fingerprint density at radius 3 is 0.853 bits per heavy atom. The average molecular weight is 456 g/mol. The molecule has 0 aliphatic heterocycles. The number of hydrogen-bond acceptors (Lipinski definition) is 1. The Bertz CT molecular complexity index is 795. The van der Waals surface area contributed by atoms with E-state index in [9.17, 15) is 0 Å². The van der Waals surface area contributed by atoms with Crippen molar-refractivity contribution in [2.45, 2.75) is 98.2 Å². The van der Waals surface area contributed by atoms with Gasteiger partial charge in [-0.1, -0.05) is 113 Å². The van der Waals surface area contributed by atoms with Gasteiger partial charge in [-0.25, -0.2) is 0 Å². The minimum Gasteiger partial charge on any atom is -0.291 e. The van der Waals surface area contributed by atoms with Gasteiger partial charge in [0.15, 0.2) is 0 Å². The summed E-state index contributed by atoms with van der Waals surface area (Å²) in [5.74, 6) is 0. The largest absolute Gasteiger partial charge is 0.291 e. The Morgan fingerprint density at radius 1 is 0.382 bits per heavy atom. The van der Waals surface area contributed by atoms with Gasteiger partial charge in [-0.05, 0) is 71.9 Å². The summed E-state index contributed by atoms with van der Waals surface area (Å²) in [5.41, 5.74) is 8.59. The molecule has 3 aromatic rings. The van der Waals surface area contributed by atoms with E-state index in [1.165, 1.54) is 91.2 Å². The monoisotopic (exact) mass is 455 g/mol. The molecule has 0 saturated heterocycles. The highest BCUT2D eigenvalue weighted by molar-refractivity contribution is 5.26. The lowest BCUT2D eigenvalue weighted by Crippen LogP contribution is -2.22. The zero-order valence-corrected chi connectivity index (χ0v) is 21.9. The summed E-state index contributed by atoms with van der Waals surface area (Å²) < 4.78 is 0. The molecule has 0 aliphatic carbocycles. The van der Waals surface area contributed by atoms with Gasteiger partial charge in [0, 0.05) is 19.6 Å². The minimum atomic E-state index is 0.975. The van der Waals surface area contributed by atoms with E-state index in [0.29, 0.717) is 0 Å². The van der Waals surface area contributed by atoms with E-state index >= 15 is 0 Å². The van der Waals surface area contributed by atoms with E-state index < -0.39 is 0 Å². The lowest BCUT2D eigenvalue weighted by atomic mass is 10.0. The van der Waals surface area contributed by atoms with Crippen LogP contribution in [0.4, 0.5) is 0 Å². The van der Waals surface area contributed by atoms with Crippen molar-refractivity contribution in [1.82, 2.24) is 4.90 Å². The predicted octanol–water partition coefficient (Wildman–Crippen LogP) is 8.92. The smallest absolute Gasteiger partial charge is 0.0240 e. The Hall–Kier alpha value is -2.38. The molecule has 1 nitrogen and oxygen atoms in total. The third-order valence-corrected chi connectivity index (χ3v) is 6.74. The standard InChI is InChI=1S/C33H45N/c1-4-7-10-28-13-19-31(20-14-28)25-34(26-32-21-15-29(16-22-32)11-8-5-2)27-33-23-17-30(18-24-33)12-9-6-3/h13-24H,4-12,25-27H2,1-3H3. The van der Waals surface area contributed by atoms with Crippen LogP contribution in [-0.4, -0.2) is 4.90 Å². The van der Waals surface area contributed by atoms with Crippen LogP contribution in [0, 0.1) is 0 Å². The van der Waals surface area contributed by atoms with Crippen molar-refractivity contribution >= 4 is 0 Å². The molecular formula is C33H45N. The van der Waals surface area contributed by atoms with Gasteiger partial charge in [0.05, 0.1) is 0 Å². The van der Waals surface area contributed by atoms with Crippen molar-refractivity contribution in [2.24, 2.45) is 0 Å². The highest BCUT2D eigenvalue weighted by Gasteiger charge is 2.10. The molecule has 0 aromatic heterocycles. The lowest BCUT2D eigenvalue weighted by molar-refractivity contribution is 0.247. The van der Waals surface area contributed by atoms with E-state index in [1.807, 2.05) is 0 Å². The number of benzene rings is 3. The summed E-state index contributed by atoms with van der Waals surface area (Å²) >= 11 is 0. The van der Waals surface area contributed by atoms with Crippen LogP contribution in [0.2, 0.25) is 0 Å². The van der Waals surface area contributed by atoms with Gasteiger partial charge >= 0.3 is 0 Å². The summed E-state index contributed by atoms with van der Waals surface area (Å²) in [7, 11) is 0. The fourth-order valence-electron chi connectivity index (χ4n) is 4.52. The predicted molar refractivity (Wildman–Crippen MR) is 148 cm³/mol. The fraction of sp³-hybridized carbons (Fsp3) is 0.455. The van der Waals surface area contributed by atoms with E-state index in [4.69, 9.17) is 0 Å². The Labute approximate surface area is 209 Å². The molecule has 1 heteroatoms. The maximum atomic E-state index is 2.59. The number of nitrogens with zero attached hydrogens (tertiary/aromatic N) is 1. The fourth-order valence-corrected chi connectivity index (χ4v) is 4.52. The SMILES string of the molecule is CCCCc1ccc(CN(Cc2ccc(CCCC)cc2)Cc2ccc(CCCC)cc2)cc1. The van der Waals surface area contributed by atoms with Crippen LogP contribution in [0.1, 0.15) is 92.7 Å². The first-order valence-corrected chi connectivity index (χ1v) is 13.7. The van der Waals surface area contributed by atoms with Gasteiger partial charge in [0.1, 0.15) is 0 Å². The van der Waals surface area contributed by atoms with Crippen molar-refractivity contribution in [1.29, 1.82) is 0 Å². The molecule has 0 N–H and O–H groups in total. The van der Waals surface area contributed by atoms with E-state index in [0.717, 1.165) is 19.6 Å². The highest BCUT2D eigenvalue weighted by Crippen LogP contribution is 2.18. The maximum absolute atomic E-state index is 2.59. The molecule has 0 saturated carbocycles. The zero-order valence-electron chi connectivity index (χ0n) is 21.9. The molecule has 0 atom stereocenters. The molecule has 0 heterocycles. The van der Waals surface area contributed by atoms with Crippen LogP contribution >= 0.6 is 0 Å². The van der Waals surface area contributed by atoms with Crippen LogP contribution < -0.4 is 0 Å². The van der Waals surface area contributed by atoms with Crippen molar-refractivity contribution in [3.8, 4) is 0 Å². The highest BCUT2D eigenvalue weighted by atomic mass is 15.1. The van der Waals surface area contributed by atoms with Crippen LogP contribution in [0.15, 0.2) is 72.8 Å². The topological polar surface area (TPSA) is 3.24 Å². The van der Waals surface area contributed by atoms with Gasteiger partial charge in [0.2, 0.25) is 0 Å². The molecule has 0 fully saturated rings. The molecule has 0 spiro atoms. The summed E-state index contributed by atoms with van der Waals surface area (Å²) in [6.45, 7) is 9.71. The van der Waals surface area contributed by atoms with Crippen LogP contribution in [0.25, 0.3) is 0 Å². The molecule has 0 radical (unpaired) electrons. The van der Waals surface area contributed by atoms with Crippen molar-refractivity contribution in [3.63, 3.8) is 0 Å². The minimum absolute atomic E-state index is 0.975. The number of rotatable bonds is 15. The quantitative estimate of drug-likeness (QED) is 0.221. The van der Waals surface area contributed by atoms with E-state index in [2.05, 4.69) is 98.5 Å². The van der Waals surface area contributed by atoms with Gasteiger partial charge < -0.3 is 0 Å². The molecule has 3 rings (SSSR count). The molecule has 0 aliphatic rings. The van der Waals surface area contributed by atoms with Crippen molar-refractivity contribution in [2.75, 3.05) is 0 Å². The number of hydrogen-bond donors (Lipinski definition) is 0. The summed E-state index contributed by atoms with van der Waals surface area (Å²) in [6, 6.07) is 28.0. The summed E-state index contributed by atoms with van der Waals surface area (Å²) in [5, 5.41) is 0. The van der Waals surface area contributed by atoms with Gasteiger partial charge in [-0.3, -0.25) is 4.90 Å². The zero-order chi connectivity index (χ0) is 24.0. The second-order valence-electron chi connectivity index (χ2n) is 9.91. The molecule has 0 unspecified atom stereocenters. The van der Waals surface area contributed by atoms with E-state index in [-0.39, 0.29) is 0 Å². The molecule has 34 heavy (non-hydrogen) atoms. The Kier molecular flexibility index (Phi) is 11.4. The van der Waals surface area contributed by atoms with Crippen LogP contribution in [0.5, 0.6) is 0 Å². The molecular weight excluding hydrogens is 410 g/mol. The first kappa shape index (κ1) is 26.2. The van der Waals surface area contributed by atoms with Crippen molar-refractivity contribution in [3.05, 3.63) is 106 Å². The van der Waals surface area contributed by atoms with Crippen molar-refractivity contribution < 1.29 is 0 Å². The summed E-state index contributed by atoms with van der Waals surface area (Å²) in [6.07, 6.45) is 11.1. The third-order valence-electron chi connectivity index (χ3n) is 6.74. The second kappa shape index (κ2) is 14.8. The number of aryl methyl sites for hydroxylation is 3. The lowest BCUT2D eigenvalue weighted by Gasteiger charge is -2.23. The third kappa shape index (κ3) is 9.11. The molecule has 0 amide bonds. The molecule has 0 bridgehead atoms. The first-order valence-electron chi connectivity index (χ1n) is 13.7. The van der Waals surface area contributed by atoms with Gasteiger partial charge in [-0.15, -0.1) is 0 Å². The molecule has 3 aromatic carbocycles. The number of unbranched alkanes of at least 4 members (excludes halogenated alkanes) is 3. The first-order chi connectivity index (χ1) is 16.7. The second-order valence-corrected chi connectivity index (χ2v) is 9.91. The Morgan fingerprint density at radius 2 is 0.618 bits per heavy atom. The molecule has 182 valence electrons. The van der Waals surface area contributed by atoms with Crippen LogP contribution in [0.3, 0.4) is 0 Å². The normalized spacial score (nSPS) is 11.3. The van der Waals surface area contributed by atoms with E-state index in [1.54, 1.807) is 0 Å². The van der Waals surface area contributed by atoms with Crippen LogP contribution in [-0.2, 0) is 38.9 Å². The summed E-state index contributed by atoms with van der Waals surface area (Å²) in [4.78, 5) is 2.59. The average Bonchev–Trinajstić information content (AvgIpc) is 2.87.